The molecule has 0 bridgehead atoms. The number of Topliss-reactive ketones (excluding diaryl/α,β-unsaturated/α-hetero) is 1. The van der Waals surface area contributed by atoms with Gasteiger partial charge in [0.05, 0.1) is 5.56 Å². The van der Waals surface area contributed by atoms with Crippen molar-refractivity contribution < 1.29 is 14.3 Å². The number of carbonyl (C=O) groups excluding carboxylic acids is 1. The summed E-state index contributed by atoms with van der Waals surface area (Å²) in [5, 5.41) is 1.10. The summed E-state index contributed by atoms with van der Waals surface area (Å²) in [6.45, 7) is 7.45. The molecule has 0 aliphatic carbocycles. The molecule has 0 N–H and O–H groups in total. The van der Waals surface area contributed by atoms with Gasteiger partial charge in [-0.15, -0.1) is 0 Å². The molecule has 32 heavy (non-hydrogen) atoms. The largest absolute Gasteiger partial charge is 0.488 e. The van der Waals surface area contributed by atoms with Crippen molar-refractivity contribution in [3.05, 3.63) is 100 Å². The third-order valence-electron chi connectivity index (χ3n) is 6.13. The Morgan fingerprint density at radius 2 is 1.78 bits per heavy atom. The third-order valence-corrected chi connectivity index (χ3v) is 6.13. The van der Waals surface area contributed by atoms with Gasteiger partial charge in [0, 0.05) is 34.8 Å². The molecule has 0 amide bonds. The van der Waals surface area contributed by atoms with Gasteiger partial charge in [0.1, 0.15) is 18.1 Å². The number of allylic oxidation sites excluding steroid dienone is 1. The molecular weight excluding hydrogens is 398 g/mol. The van der Waals surface area contributed by atoms with Crippen LogP contribution in [-0.2, 0) is 13.2 Å². The minimum Gasteiger partial charge on any atom is -0.488 e. The fraction of sp³-hybridized carbons (Fsp3) is 0.179. The van der Waals surface area contributed by atoms with Gasteiger partial charge in [-0.25, -0.2) is 0 Å². The van der Waals surface area contributed by atoms with E-state index in [1.807, 2.05) is 43.3 Å². The van der Waals surface area contributed by atoms with E-state index in [0.29, 0.717) is 23.7 Å². The Morgan fingerprint density at radius 1 is 1.00 bits per heavy atom. The Bertz CT molecular complexity index is 1380. The number of para-hydroxylation sites is 1. The van der Waals surface area contributed by atoms with Crippen molar-refractivity contribution in [1.29, 1.82) is 0 Å². The number of ether oxygens (including phenoxy) is 2. The van der Waals surface area contributed by atoms with Crippen LogP contribution in [0.3, 0.4) is 0 Å². The quantitative estimate of drug-likeness (QED) is 0.345. The first-order valence-corrected chi connectivity index (χ1v) is 10.9. The van der Waals surface area contributed by atoms with Crippen LogP contribution in [0.15, 0.2) is 72.6 Å². The first kappa shape index (κ1) is 20.1. The number of hydrogen-bond donors (Lipinski definition) is 0. The number of carbonyl (C=O) groups is 1. The second-order valence-corrected chi connectivity index (χ2v) is 8.11. The molecule has 0 spiro atoms. The average molecular weight is 424 g/mol. The summed E-state index contributed by atoms with van der Waals surface area (Å²) in [4.78, 5) is 13.1. The van der Waals surface area contributed by atoms with Crippen LogP contribution in [-0.4, -0.2) is 10.4 Å². The molecular formula is C28H25NO3. The molecule has 2 heterocycles. The molecule has 1 aliphatic rings. The summed E-state index contributed by atoms with van der Waals surface area (Å²) >= 11 is 0. The molecule has 1 aromatic heterocycles. The topological polar surface area (TPSA) is 40.5 Å². The van der Waals surface area contributed by atoms with Gasteiger partial charge in [-0.1, -0.05) is 42.5 Å². The van der Waals surface area contributed by atoms with Gasteiger partial charge in [0.2, 0.25) is 5.78 Å². The van der Waals surface area contributed by atoms with E-state index in [2.05, 4.69) is 48.9 Å². The van der Waals surface area contributed by atoms with Gasteiger partial charge in [0.15, 0.2) is 5.76 Å². The van der Waals surface area contributed by atoms with Crippen LogP contribution >= 0.6 is 0 Å². The highest BCUT2D eigenvalue weighted by Crippen LogP contribution is 2.40. The van der Waals surface area contributed by atoms with Crippen LogP contribution in [0.1, 0.15) is 39.5 Å². The minimum absolute atomic E-state index is 0.0955. The molecule has 4 nitrogen and oxygen atoms in total. The lowest BCUT2D eigenvalue weighted by atomic mass is 10.1. The fourth-order valence-electron chi connectivity index (χ4n) is 4.24. The average Bonchev–Trinajstić information content (AvgIpc) is 3.33. The number of aromatic nitrogens is 1. The minimum atomic E-state index is -0.0955. The lowest BCUT2D eigenvalue weighted by Crippen LogP contribution is -2.00. The third kappa shape index (κ3) is 3.38. The molecule has 1 aliphatic heterocycles. The van der Waals surface area contributed by atoms with E-state index in [0.717, 1.165) is 39.9 Å². The Morgan fingerprint density at radius 3 is 2.59 bits per heavy atom. The standard InChI is InChI=1S/C28H25NO3/c1-4-29-16-21(22-11-7-8-12-24(22)29)15-26-27(30)23-13-14-25(19(3)28(23)32-26)31-17-20-10-6-5-9-18(20)2/h5-16H,4,17H2,1-3H3/b26-15+. The van der Waals surface area contributed by atoms with E-state index < -0.39 is 0 Å². The Hall–Kier alpha value is -3.79. The van der Waals surface area contributed by atoms with Crippen molar-refractivity contribution in [2.24, 2.45) is 0 Å². The van der Waals surface area contributed by atoms with Gasteiger partial charge in [-0.05, 0) is 56.2 Å². The van der Waals surface area contributed by atoms with E-state index in [1.165, 1.54) is 5.56 Å². The van der Waals surface area contributed by atoms with Crippen LogP contribution in [0.5, 0.6) is 11.5 Å². The summed E-state index contributed by atoms with van der Waals surface area (Å²) in [5.74, 6) is 1.56. The summed E-state index contributed by atoms with van der Waals surface area (Å²) in [6, 6.07) is 20.0. The maximum Gasteiger partial charge on any atom is 0.231 e. The number of nitrogens with zero attached hydrogens (tertiary/aromatic N) is 1. The Balaban J connectivity index is 1.45. The second-order valence-electron chi connectivity index (χ2n) is 8.11. The highest BCUT2D eigenvalue weighted by atomic mass is 16.5. The maximum absolute atomic E-state index is 13.1. The van der Waals surface area contributed by atoms with Crippen molar-refractivity contribution in [2.45, 2.75) is 33.9 Å². The van der Waals surface area contributed by atoms with Crippen LogP contribution < -0.4 is 9.47 Å². The van der Waals surface area contributed by atoms with Crippen molar-refractivity contribution >= 4 is 22.8 Å². The van der Waals surface area contributed by atoms with Gasteiger partial charge in [-0.3, -0.25) is 4.79 Å². The zero-order valence-corrected chi connectivity index (χ0v) is 18.5. The summed E-state index contributed by atoms with van der Waals surface area (Å²) in [6.07, 6.45) is 3.92. The normalized spacial score (nSPS) is 14.1. The van der Waals surface area contributed by atoms with E-state index in [-0.39, 0.29) is 5.78 Å². The highest BCUT2D eigenvalue weighted by molar-refractivity contribution is 6.15. The van der Waals surface area contributed by atoms with Crippen LogP contribution in [0, 0.1) is 13.8 Å². The monoisotopic (exact) mass is 423 g/mol. The molecule has 4 aromatic rings. The van der Waals surface area contributed by atoms with E-state index >= 15 is 0 Å². The molecule has 0 atom stereocenters. The Kier molecular flexibility index (Phi) is 5.06. The highest BCUT2D eigenvalue weighted by Gasteiger charge is 2.30. The molecule has 0 saturated heterocycles. The summed E-state index contributed by atoms with van der Waals surface area (Å²) < 4.78 is 14.3. The van der Waals surface area contributed by atoms with E-state index in [1.54, 1.807) is 6.07 Å². The van der Waals surface area contributed by atoms with Gasteiger partial charge < -0.3 is 14.0 Å². The SMILES string of the molecule is CCn1cc(/C=C2/Oc3c(ccc(OCc4ccccc4C)c3C)C2=O)c2ccccc21. The molecule has 0 saturated carbocycles. The van der Waals surface area contributed by atoms with Crippen molar-refractivity contribution in [1.82, 2.24) is 4.57 Å². The van der Waals surface area contributed by atoms with E-state index in [9.17, 15) is 4.79 Å². The number of ketones is 1. The predicted octanol–water partition coefficient (Wildman–Crippen LogP) is 6.47. The molecule has 160 valence electrons. The summed E-state index contributed by atoms with van der Waals surface area (Å²) in [5.41, 5.74) is 5.87. The van der Waals surface area contributed by atoms with Crippen LogP contribution in [0.4, 0.5) is 0 Å². The zero-order chi connectivity index (χ0) is 22.2. The van der Waals surface area contributed by atoms with Gasteiger partial charge in [-0.2, -0.15) is 0 Å². The lowest BCUT2D eigenvalue weighted by molar-refractivity contribution is 0.101. The van der Waals surface area contributed by atoms with Crippen LogP contribution in [0.25, 0.3) is 17.0 Å². The summed E-state index contributed by atoms with van der Waals surface area (Å²) in [7, 11) is 0. The number of benzene rings is 3. The predicted molar refractivity (Wildman–Crippen MR) is 127 cm³/mol. The molecule has 0 unspecified atom stereocenters. The number of hydrogen-bond acceptors (Lipinski definition) is 3. The zero-order valence-electron chi connectivity index (χ0n) is 18.5. The molecule has 4 heteroatoms. The number of fused-ring (bicyclic) bond motifs is 2. The molecule has 0 radical (unpaired) electrons. The maximum atomic E-state index is 13.1. The molecule has 3 aromatic carbocycles. The Labute approximate surface area is 187 Å². The van der Waals surface area contributed by atoms with Gasteiger partial charge >= 0.3 is 0 Å². The van der Waals surface area contributed by atoms with Gasteiger partial charge in [0.25, 0.3) is 0 Å². The fourth-order valence-corrected chi connectivity index (χ4v) is 4.24. The molecule has 5 rings (SSSR count). The van der Waals surface area contributed by atoms with Crippen molar-refractivity contribution in [3.63, 3.8) is 0 Å². The first-order chi connectivity index (χ1) is 15.6. The van der Waals surface area contributed by atoms with Crippen LogP contribution in [0.2, 0.25) is 0 Å². The first-order valence-electron chi connectivity index (χ1n) is 10.9. The molecule has 0 fully saturated rings. The van der Waals surface area contributed by atoms with E-state index in [4.69, 9.17) is 9.47 Å². The lowest BCUT2D eigenvalue weighted by Gasteiger charge is -2.12. The van der Waals surface area contributed by atoms with Crippen molar-refractivity contribution in [2.75, 3.05) is 0 Å². The second kappa shape index (κ2) is 8.04. The van der Waals surface area contributed by atoms with Crippen molar-refractivity contribution in [3.8, 4) is 11.5 Å². The number of rotatable bonds is 5. The number of aryl methyl sites for hydroxylation is 2. The smallest absolute Gasteiger partial charge is 0.231 e.